The minimum atomic E-state index is 0.755. The first-order valence-electron chi connectivity index (χ1n) is 3.56. The first-order valence-corrected chi connectivity index (χ1v) is 3.93. The molecule has 0 bridgehead atoms. The summed E-state index contributed by atoms with van der Waals surface area (Å²) in [5.74, 6) is 0. The molecule has 1 rings (SSSR count). The van der Waals surface area contributed by atoms with E-state index in [9.17, 15) is 0 Å². The molecule has 0 spiro atoms. The average Bonchev–Trinajstić information content (AvgIpc) is 1.97. The summed E-state index contributed by atoms with van der Waals surface area (Å²) in [5, 5.41) is 0.755. The van der Waals surface area contributed by atoms with Crippen LogP contribution in [0.2, 0.25) is 5.02 Å². The molecule has 0 aromatic heterocycles. The van der Waals surface area contributed by atoms with E-state index in [0.717, 1.165) is 21.8 Å². The van der Waals surface area contributed by atoms with E-state index in [2.05, 4.69) is 0 Å². The predicted molar refractivity (Wildman–Crippen MR) is 50.1 cm³/mol. The maximum absolute atomic E-state index is 5.91. The lowest BCUT2D eigenvalue weighted by Gasteiger charge is -2.08. The Labute approximate surface area is 72.2 Å². The Morgan fingerprint density at radius 1 is 1.09 bits per heavy atom. The third kappa shape index (κ3) is 1.33. The molecule has 0 atom stereocenters. The lowest BCUT2D eigenvalue weighted by Crippen LogP contribution is -1.95. The van der Waals surface area contributed by atoms with Gasteiger partial charge in [-0.25, -0.2) is 0 Å². The molecule has 0 unspecified atom stereocenters. The lowest BCUT2D eigenvalue weighted by atomic mass is 10.0. The van der Waals surface area contributed by atoms with E-state index in [1.54, 1.807) is 6.07 Å². The Balaban J connectivity index is 3.46. The smallest absolute Gasteiger partial charge is 0.0458 e. The van der Waals surface area contributed by atoms with Crippen molar-refractivity contribution in [3.63, 3.8) is 0 Å². The van der Waals surface area contributed by atoms with Gasteiger partial charge >= 0.3 is 0 Å². The second-order valence-corrected chi connectivity index (χ2v) is 3.23. The molecular formula is C9H12ClN. The molecule has 0 fully saturated rings. The fourth-order valence-electron chi connectivity index (χ4n) is 1.03. The maximum atomic E-state index is 5.91. The molecule has 0 heterocycles. The second-order valence-electron chi connectivity index (χ2n) is 2.82. The average molecular weight is 170 g/mol. The van der Waals surface area contributed by atoms with Gasteiger partial charge in [0, 0.05) is 10.7 Å². The van der Waals surface area contributed by atoms with Crippen molar-refractivity contribution in [2.75, 3.05) is 5.73 Å². The van der Waals surface area contributed by atoms with Crippen LogP contribution in [0.4, 0.5) is 5.69 Å². The minimum absolute atomic E-state index is 0.755. The van der Waals surface area contributed by atoms with Gasteiger partial charge in [0.2, 0.25) is 0 Å². The van der Waals surface area contributed by atoms with Gasteiger partial charge in [0.05, 0.1) is 0 Å². The van der Waals surface area contributed by atoms with Gasteiger partial charge in [0.15, 0.2) is 0 Å². The molecule has 2 heteroatoms. The number of nitrogen functional groups attached to an aromatic ring is 1. The van der Waals surface area contributed by atoms with Crippen LogP contribution in [-0.4, -0.2) is 0 Å². The summed E-state index contributed by atoms with van der Waals surface area (Å²) in [7, 11) is 0. The SMILES string of the molecule is Cc1c(N)cc(Cl)c(C)c1C. The number of anilines is 1. The number of rotatable bonds is 0. The first kappa shape index (κ1) is 8.41. The quantitative estimate of drug-likeness (QED) is 0.594. The van der Waals surface area contributed by atoms with Crippen molar-refractivity contribution in [1.29, 1.82) is 0 Å². The van der Waals surface area contributed by atoms with Gasteiger partial charge in [-0.3, -0.25) is 0 Å². The van der Waals surface area contributed by atoms with E-state index < -0.39 is 0 Å². The highest BCUT2D eigenvalue weighted by Gasteiger charge is 2.04. The highest BCUT2D eigenvalue weighted by atomic mass is 35.5. The van der Waals surface area contributed by atoms with Crippen LogP contribution in [0.3, 0.4) is 0 Å². The van der Waals surface area contributed by atoms with Crippen molar-refractivity contribution >= 4 is 17.3 Å². The van der Waals surface area contributed by atoms with Gasteiger partial charge in [-0.1, -0.05) is 11.6 Å². The van der Waals surface area contributed by atoms with Gasteiger partial charge in [0.1, 0.15) is 0 Å². The van der Waals surface area contributed by atoms with Crippen molar-refractivity contribution in [2.24, 2.45) is 0 Å². The Bertz CT molecular complexity index is 266. The summed E-state index contributed by atoms with van der Waals surface area (Å²) >= 11 is 5.91. The molecule has 0 saturated carbocycles. The summed E-state index contributed by atoms with van der Waals surface area (Å²) in [6.45, 7) is 6.05. The summed E-state index contributed by atoms with van der Waals surface area (Å²) in [5.41, 5.74) is 9.93. The van der Waals surface area contributed by atoms with Gasteiger partial charge in [-0.15, -0.1) is 0 Å². The molecule has 0 aliphatic carbocycles. The zero-order chi connectivity index (χ0) is 8.59. The van der Waals surface area contributed by atoms with E-state index >= 15 is 0 Å². The van der Waals surface area contributed by atoms with E-state index in [1.165, 1.54) is 5.56 Å². The van der Waals surface area contributed by atoms with E-state index in [0.29, 0.717) is 0 Å². The molecule has 0 saturated heterocycles. The predicted octanol–water partition coefficient (Wildman–Crippen LogP) is 2.85. The lowest BCUT2D eigenvalue weighted by molar-refractivity contribution is 1.27. The van der Waals surface area contributed by atoms with Crippen LogP contribution in [0.5, 0.6) is 0 Å². The number of hydrogen-bond acceptors (Lipinski definition) is 1. The summed E-state index contributed by atoms with van der Waals surface area (Å²) in [4.78, 5) is 0. The molecule has 0 aliphatic rings. The highest BCUT2D eigenvalue weighted by molar-refractivity contribution is 6.31. The summed E-state index contributed by atoms with van der Waals surface area (Å²) in [6.07, 6.45) is 0. The molecule has 0 radical (unpaired) electrons. The van der Waals surface area contributed by atoms with Crippen molar-refractivity contribution in [1.82, 2.24) is 0 Å². The summed E-state index contributed by atoms with van der Waals surface area (Å²) < 4.78 is 0. The molecule has 2 N–H and O–H groups in total. The van der Waals surface area contributed by atoms with Crippen LogP contribution >= 0.6 is 11.6 Å². The van der Waals surface area contributed by atoms with Crippen molar-refractivity contribution in [3.05, 3.63) is 27.8 Å². The largest absolute Gasteiger partial charge is 0.398 e. The fourth-order valence-corrected chi connectivity index (χ4v) is 1.29. The molecule has 1 aromatic rings. The molecule has 0 amide bonds. The maximum Gasteiger partial charge on any atom is 0.0458 e. The Kier molecular flexibility index (Phi) is 2.10. The molecule has 0 aliphatic heterocycles. The normalized spacial score (nSPS) is 10.2. The second kappa shape index (κ2) is 2.74. The van der Waals surface area contributed by atoms with Crippen LogP contribution in [0, 0.1) is 20.8 Å². The number of halogens is 1. The number of nitrogens with two attached hydrogens (primary N) is 1. The number of benzene rings is 1. The molecular weight excluding hydrogens is 158 g/mol. The van der Waals surface area contributed by atoms with E-state index in [-0.39, 0.29) is 0 Å². The Hall–Kier alpha value is -0.690. The van der Waals surface area contributed by atoms with Crippen molar-refractivity contribution in [2.45, 2.75) is 20.8 Å². The van der Waals surface area contributed by atoms with E-state index in [4.69, 9.17) is 17.3 Å². The number of hydrogen-bond donors (Lipinski definition) is 1. The Morgan fingerprint density at radius 3 is 2.18 bits per heavy atom. The minimum Gasteiger partial charge on any atom is -0.398 e. The van der Waals surface area contributed by atoms with Crippen molar-refractivity contribution < 1.29 is 0 Å². The van der Waals surface area contributed by atoms with Gasteiger partial charge in [-0.2, -0.15) is 0 Å². The molecule has 60 valence electrons. The Morgan fingerprint density at radius 2 is 1.64 bits per heavy atom. The third-order valence-corrected chi connectivity index (χ3v) is 2.59. The van der Waals surface area contributed by atoms with Crippen LogP contribution in [-0.2, 0) is 0 Å². The van der Waals surface area contributed by atoms with Gasteiger partial charge in [-0.05, 0) is 43.5 Å². The van der Waals surface area contributed by atoms with Crippen molar-refractivity contribution in [3.8, 4) is 0 Å². The fraction of sp³-hybridized carbons (Fsp3) is 0.333. The molecule has 1 aromatic carbocycles. The van der Waals surface area contributed by atoms with E-state index in [1.807, 2.05) is 20.8 Å². The highest BCUT2D eigenvalue weighted by Crippen LogP contribution is 2.26. The topological polar surface area (TPSA) is 26.0 Å². The van der Waals surface area contributed by atoms with Crippen LogP contribution < -0.4 is 5.73 Å². The third-order valence-electron chi connectivity index (χ3n) is 2.20. The first-order chi connectivity index (χ1) is 5.04. The monoisotopic (exact) mass is 169 g/mol. The summed E-state index contributed by atoms with van der Waals surface area (Å²) in [6, 6.07) is 1.80. The van der Waals surface area contributed by atoms with Crippen LogP contribution in [0.25, 0.3) is 0 Å². The molecule has 1 nitrogen and oxygen atoms in total. The van der Waals surface area contributed by atoms with Crippen LogP contribution in [0.1, 0.15) is 16.7 Å². The van der Waals surface area contributed by atoms with Gasteiger partial charge in [0.25, 0.3) is 0 Å². The molecule has 11 heavy (non-hydrogen) atoms. The standard InChI is InChI=1S/C9H12ClN/c1-5-6(2)8(10)4-9(11)7(5)3/h4H,11H2,1-3H3. The zero-order valence-corrected chi connectivity index (χ0v) is 7.79. The van der Waals surface area contributed by atoms with Crippen LogP contribution in [0.15, 0.2) is 6.07 Å². The zero-order valence-electron chi connectivity index (χ0n) is 7.03. The van der Waals surface area contributed by atoms with Gasteiger partial charge < -0.3 is 5.73 Å².